The molecular formula is C11H22O2. The second-order valence-electron chi connectivity index (χ2n) is 4.13. The Balaban J connectivity index is 2.35. The van der Waals surface area contributed by atoms with Crippen LogP contribution in [0.2, 0.25) is 0 Å². The predicted octanol–water partition coefficient (Wildman–Crippen LogP) is 3.17. The Hall–Kier alpha value is -0.0800. The van der Waals surface area contributed by atoms with E-state index in [-0.39, 0.29) is 0 Å². The van der Waals surface area contributed by atoms with Gasteiger partial charge in [0.15, 0.2) is 0 Å². The van der Waals surface area contributed by atoms with Crippen LogP contribution in [0.25, 0.3) is 0 Å². The van der Waals surface area contributed by atoms with E-state index < -0.39 is 0 Å². The molecule has 1 aliphatic heterocycles. The summed E-state index contributed by atoms with van der Waals surface area (Å²) in [6, 6.07) is 0. The first kappa shape index (κ1) is 11.0. The van der Waals surface area contributed by atoms with Crippen LogP contribution in [0.3, 0.4) is 0 Å². The van der Waals surface area contributed by atoms with Crippen molar-refractivity contribution >= 4 is 0 Å². The Morgan fingerprint density at radius 1 is 1.38 bits per heavy atom. The van der Waals surface area contributed by atoms with Crippen molar-refractivity contribution in [1.29, 1.82) is 0 Å². The molecule has 13 heavy (non-hydrogen) atoms. The van der Waals surface area contributed by atoms with Crippen LogP contribution >= 0.6 is 0 Å². The molecule has 0 aromatic carbocycles. The van der Waals surface area contributed by atoms with Crippen LogP contribution in [0.15, 0.2) is 0 Å². The summed E-state index contributed by atoms with van der Waals surface area (Å²) in [5, 5.41) is 0. The van der Waals surface area contributed by atoms with Gasteiger partial charge in [-0.2, -0.15) is 0 Å². The Labute approximate surface area is 81.5 Å². The first-order valence-corrected chi connectivity index (χ1v) is 5.57. The van der Waals surface area contributed by atoms with E-state index in [1.165, 1.54) is 25.7 Å². The van der Waals surface area contributed by atoms with Gasteiger partial charge in [-0.25, -0.2) is 9.78 Å². The Morgan fingerprint density at radius 2 is 2.15 bits per heavy atom. The molecule has 2 heteroatoms. The van der Waals surface area contributed by atoms with E-state index in [4.69, 9.17) is 9.78 Å². The van der Waals surface area contributed by atoms with Gasteiger partial charge in [0.2, 0.25) is 0 Å². The van der Waals surface area contributed by atoms with Crippen molar-refractivity contribution in [2.24, 2.45) is 11.8 Å². The quantitative estimate of drug-likeness (QED) is 0.614. The Bertz CT molecular complexity index is 136. The van der Waals surface area contributed by atoms with Gasteiger partial charge in [0.25, 0.3) is 0 Å². The van der Waals surface area contributed by atoms with Gasteiger partial charge in [0.1, 0.15) is 6.10 Å². The van der Waals surface area contributed by atoms with Crippen molar-refractivity contribution in [3.8, 4) is 0 Å². The molecule has 0 N–H and O–H groups in total. The van der Waals surface area contributed by atoms with Gasteiger partial charge in [0, 0.05) is 5.92 Å². The molecule has 0 bridgehead atoms. The summed E-state index contributed by atoms with van der Waals surface area (Å²) >= 11 is 0. The maximum absolute atomic E-state index is 5.32. The number of hydrogen-bond donors (Lipinski definition) is 0. The lowest BCUT2D eigenvalue weighted by Crippen LogP contribution is -2.25. The molecule has 0 radical (unpaired) electrons. The van der Waals surface area contributed by atoms with Gasteiger partial charge >= 0.3 is 0 Å². The minimum absolute atomic E-state index is 0.344. The Kier molecular flexibility index (Phi) is 4.74. The maximum atomic E-state index is 5.32. The second-order valence-corrected chi connectivity index (χ2v) is 4.13. The van der Waals surface area contributed by atoms with E-state index in [2.05, 4.69) is 20.8 Å². The average Bonchev–Trinajstić information content (AvgIpc) is 2.54. The van der Waals surface area contributed by atoms with E-state index in [0.717, 1.165) is 6.61 Å². The first-order valence-electron chi connectivity index (χ1n) is 5.57. The minimum Gasteiger partial charge on any atom is -0.236 e. The highest BCUT2D eigenvalue weighted by atomic mass is 17.2. The summed E-state index contributed by atoms with van der Waals surface area (Å²) in [6.45, 7) is 7.47. The van der Waals surface area contributed by atoms with Crippen molar-refractivity contribution in [2.75, 3.05) is 6.61 Å². The highest BCUT2D eigenvalue weighted by Gasteiger charge is 2.32. The molecule has 0 amide bonds. The lowest BCUT2D eigenvalue weighted by molar-refractivity contribution is -0.283. The lowest BCUT2D eigenvalue weighted by atomic mass is 9.87. The van der Waals surface area contributed by atoms with Gasteiger partial charge in [-0.1, -0.05) is 40.0 Å². The fourth-order valence-electron chi connectivity index (χ4n) is 2.03. The standard InChI is InChI=1S/C11H22O2/c1-4-6-7-10(5-2)11-9(3)8-12-13-11/h9-11H,4-8H2,1-3H3. The zero-order chi connectivity index (χ0) is 9.68. The normalized spacial score (nSPS) is 30.7. The molecular weight excluding hydrogens is 164 g/mol. The molecule has 78 valence electrons. The average molecular weight is 186 g/mol. The fraction of sp³-hybridized carbons (Fsp3) is 1.00. The van der Waals surface area contributed by atoms with Crippen molar-refractivity contribution in [1.82, 2.24) is 0 Å². The molecule has 0 spiro atoms. The van der Waals surface area contributed by atoms with Crippen molar-refractivity contribution in [2.45, 2.75) is 52.6 Å². The molecule has 1 fully saturated rings. The highest BCUT2D eigenvalue weighted by molar-refractivity contribution is 4.76. The minimum atomic E-state index is 0.344. The number of unbranched alkanes of at least 4 members (excludes halogenated alkanes) is 1. The lowest BCUT2D eigenvalue weighted by Gasteiger charge is -2.22. The van der Waals surface area contributed by atoms with Crippen molar-refractivity contribution in [3.05, 3.63) is 0 Å². The van der Waals surface area contributed by atoms with Crippen LogP contribution in [0.5, 0.6) is 0 Å². The number of hydrogen-bond acceptors (Lipinski definition) is 2. The van der Waals surface area contributed by atoms with Crippen LogP contribution in [-0.2, 0) is 9.78 Å². The van der Waals surface area contributed by atoms with Crippen molar-refractivity contribution in [3.63, 3.8) is 0 Å². The zero-order valence-corrected chi connectivity index (χ0v) is 9.08. The number of rotatable bonds is 5. The van der Waals surface area contributed by atoms with Gasteiger partial charge < -0.3 is 0 Å². The van der Waals surface area contributed by atoms with E-state index in [1.54, 1.807) is 0 Å². The van der Waals surface area contributed by atoms with Crippen LogP contribution in [0, 0.1) is 11.8 Å². The predicted molar refractivity (Wildman–Crippen MR) is 53.3 cm³/mol. The monoisotopic (exact) mass is 186 g/mol. The smallest absolute Gasteiger partial charge is 0.101 e. The van der Waals surface area contributed by atoms with Crippen molar-refractivity contribution < 1.29 is 9.78 Å². The maximum Gasteiger partial charge on any atom is 0.101 e. The van der Waals surface area contributed by atoms with Crippen LogP contribution < -0.4 is 0 Å². The molecule has 3 atom stereocenters. The third-order valence-corrected chi connectivity index (χ3v) is 2.99. The molecule has 0 saturated carbocycles. The van der Waals surface area contributed by atoms with Gasteiger partial charge in [-0.15, -0.1) is 0 Å². The topological polar surface area (TPSA) is 18.5 Å². The summed E-state index contributed by atoms with van der Waals surface area (Å²) in [5.41, 5.74) is 0. The summed E-state index contributed by atoms with van der Waals surface area (Å²) in [5.74, 6) is 1.26. The van der Waals surface area contributed by atoms with Gasteiger partial charge in [-0.05, 0) is 12.3 Å². The van der Waals surface area contributed by atoms with E-state index in [9.17, 15) is 0 Å². The molecule has 3 unspecified atom stereocenters. The molecule has 0 aliphatic carbocycles. The van der Waals surface area contributed by atoms with E-state index >= 15 is 0 Å². The molecule has 1 aliphatic rings. The van der Waals surface area contributed by atoms with Crippen LogP contribution in [-0.4, -0.2) is 12.7 Å². The largest absolute Gasteiger partial charge is 0.236 e. The highest BCUT2D eigenvalue weighted by Crippen LogP contribution is 2.29. The molecule has 1 saturated heterocycles. The van der Waals surface area contributed by atoms with E-state index in [1.807, 2.05) is 0 Å². The van der Waals surface area contributed by atoms with Gasteiger partial charge in [-0.3, -0.25) is 0 Å². The Morgan fingerprint density at radius 3 is 2.62 bits per heavy atom. The summed E-state index contributed by atoms with van der Waals surface area (Å²) < 4.78 is 0. The molecule has 2 nitrogen and oxygen atoms in total. The zero-order valence-electron chi connectivity index (χ0n) is 9.08. The summed E-state index contributed by atoms with van der Waals surface area (Å²) in [4.78, 5) is 10.3. The first-order chi connectivity index (χ1) is 6.29. The molecule has 1 rings (SSSR count). The van der Waals surface area contributed by atoms with E-state index in [0.29, 0.717) is 17.9 Å². The summed E-state index contributed by atoms with van der Waals surface area (Å²) in [7, 11) is 0. The molecule has 0 aromatic heterocycles. The third kappa shape index (κ3) is 2.96. The van der Waals surface area contributed by atoms with Gasteiger partial charge in [0.05, 0.1) is 6.61 Å². The molecule has 0 aromatic rings. The SMILES string of the molecule is CCCCC(CC)C1OOCC1C. The summed E-state index contributed by atoms with van der Waals surface area (Å²) in [6.07, 6.45) is 5.42. The fourth-order valence-corrected chi connectivity index (χ4v) is 2.03. The molecule has 1 heterocycles. The van der Waals surface area contributed by atoms with Crippen LogP contribution in [0.4, 0.5) is 0 Å². The van der Waals surface area contributed by atoms with Crippen LogP contribution in [0.1, 0.15) is 46.5 Å². The third-order valence-electron chi connectivity index (χ3n) is 2.99. The second kappa shape index (κ2) is 5.61.